The van der Waals surface area contributed by atoms with Crippen LogP contribution in [0, 0.1) is 0 Å². The van der Waals surface area contributed by atoms with E-state index in [2.05, 4.69) is 4.98 Å². The van der Waals surface area contributed by atoms with Gasteiger partial charge in [0.15, 0.2) is 0 Å². The van der Waals surface area contributed by atoms with Gasteiger partial charge in [-0.2, -0.15) is 0 Å². The van der Waals surface area contributed by atoms with E-state index in [4.69, 9.17) is 28.8 Å². The van der Waals surface area contributed by atoms with E-state index in [1.807, 2.05) is 54.4 Å². The van der Waals surface area contributed by atoms with Crippen molar-refractivity contribution < 1.29 is 9.59 Å². The van der Waals surface area contributed by atoms with E-state index in [-0.39, 0.29) is 24.3 Å². The highest BCUT2D eigenvalue weighted by atomic mass is 35.5. The molecule has 2 fully saturated rings. The molecule has 2 aliphatic rings. The lowest BCUT2D eigenvalue weighted by Crippen LogP contribution is -2.46. The van der Waals surface area contributed by atoms with Gasteiger partial charge in [-0.05, 0) is 30.5 Å². The topological polar surface area (TPSA) is 69.6 Å². The molecule has 2 saturated heterocycles. The first-order valence-corrected chi connectivity index (χ1v) is 12.2. The molecule has 0 N–H and O–H groups in total. The minimum atomic E-state index is -0.0987. The lowest BCUT2D eigenvalue weighted by molar-refractivity contribution is -0.136. The third-order valence-electron chi connectivity index (χ3n) is 5.66. The Bertz CT molecular complexity index is 1030. The average molecular weight is 490 g/mol. The standard InChI is InChI=1S/C22H24ClN5O2S2/c1-26(2)21-24-10-17(14-5-7-16(23)8-6-14)20(25-21)15-4-3-9-27(11-15)18(29)12-28-19(30)13-32-22(28)31/h5-8,10,15H,3-4,9,11-13H2,1-2H3. The summed E-state index contributed by atoms with van der Waals surface area (Å²) in [6.45, 7) is 1.22. The van der Waals surface area contributed by atoms with Crippen molar-refractivity contribution in [1.29, 1.82) is 0 Å². The highest BCUT2D eigenvalue weighted by Gasteiger charge is 2.33. The first-order chi connectivity index (χ1) is 15.3. The molecular formula is C22H24ClN5O2S2. The number of rotatable bonds is 5. The molecule has 1 unspecified atom stereocenters. The number of piperidine rings is 1. The Morgan fingerprint density at radius 1 is 1.31 bits per heavy atom. The normalized spacial score (nSPS) is 18.9. The number of hydrogen-bond donors (Lipinski definition) is 0. The number of aromatic nitrogens is 2. The molecule has 3 heterocycles. The van der Waals surface area contributed by atoms with Crippen molar-refractivity contribution in [2.24, 2.45) is 0 Å². The van der Waals surface area contributed by atoms with Gasteiger partial charge in [0.05, 0.1) is 11.4 Å². The highest BCUT2D eigenvalue weighted by molar-refractivity contribution is 8.23. The number of amides is 2. The highest BCUT2D eigenvalue weighted by Crippen LogP contribution is 2.34. The van der Waals surface area contributed by atoms with E-state index in [0.717, 1.165) is 29.7 Å². The van der Waals surface area contributed by atoms with Gasteiger partial charge in [0.1, 0.15) is 10.9 Å². The van der Waals surface area contributed by atoms with Crippen LogP contribution in [0.4, 0.5) is 5.95 Å². The number of likely N-dealkylation sites (tertiary alicyclic amines) is 1. The lowest BCUT2D eigenvalue weighted by Gasteiger charge is -2.34. The molecule has 0 spiro atoms. The van der Waals surface area contributed by atoms with Crippen LogP contribution in [-0.4, -0.2) is 75.4 Å². The molecular weight excluding hydrogens is 466 g/mol. The predicted molar refractivity (Wildman–Crippen MR) is 132 cm³/mol. The zero-order valence-electron chi connectivity index (χ0n) is 18.0. The van der Waals surface area contributed by atoms with Crippen LogP contribution >= 0.6 is 35.6 Å². The number of halogens is 1. The van der Waals surface area contributed by atoms with Crippen molar-refractivity contribution in [3.8, 4) is 11.1 Å². The van der Waals surface area contributed by atoms with Crippen LogP contribution in [0.15, 0.2) is 30.5 Å². The molecule has 7 nitrogen and oxygen atoms in total. The molecule has 0 aliphatic carbocycles. The van der Waals surface area contributed by atoms with Crippen LogP contribution in [0.5, 0.6) is 0 Å². The second-order valence-electron chi connectivity index (χ2n) is 8.08. The quantitative estimate of drug-likeness (QED) is 0.596. The van der Waals surface area contributed by atoms with E-state index in [9.17, 15) is 9.59 Å². The number of carbonyl (C=O) groups excluding carboxylic acids is 2. The van der Waals surface area contributed by atoms with E-state index in [0.29, 0.717) is 34.1 Å². The van der Waals surface area contributed by atoms with E-state index in [1.54, 1.807) is 0 Å². The van der Waals surface area contributed by atoms with Gasteiger partial charge in [-0.25, -0.2) is 9.97 Å². The number of hydrogen-bond acceptors (Lipinski definition) is 7. The summed E-state index contributed by atoms with van der Waals surface area (Å²) in [5.74, 6) is 0.830. The molecule has 168 valence electrons. The number of carbonyl (C=O) groups is 2. The van der Waals surface area contributed by atoms with Gasteiger partial charge >= 0.3 is 0 Å². The maximum Gasteiger partial charge on any atom is 0.242 e. The summed E-state index contributed by atoms with van der Waals surface area (Å²) >= 11 is 12.6. The number of thioether (sulfide) groups is 1. The zero-order chi connectivity index (χ0) is 22.8. The monoisotopic (exact) mass is 489 g/mol. The third-order valence-corrected chi connectivity index (χ3v) is 7.34. The predicted octanol–water partition coefficient (Wildman–Crippen LogP) is 3.43. The zero-order valence-corrected chi connectivity index (χ0v) is 20.3. The summed E-state index contributed by atoms with van der Waals surface area (Å²) in [6, 6.07) is 7.63. The number of nitrogens with zero attached hydrogens (tertiary/aromatic N) is 5. The lowest BCUT2D eigenvalue weighted by atomic mass is 9.90. The molecule has 1 atom stereocenters. The summed E-state index contributed by atoms with van der Waals surface area (Å²) in [7, 11) is 3.82. The number of anilines is 1. The number of benzene rings is 1. The van der Waals surface area contributed by atoms with Crippen molar-refractivity contribution in [2.45, 2.75) is 18.8 Å². The fraction of sp³-hybridized carbons (Fsp3) is 0.409. The summed E-state index contributed by atoms with van der Waals surface area (Å²) in [5.41, 5.74) is 2.86. The van der Waals surface area contributed by atoms with Crippen LogP contribution in [0.1, 0.15) is 24.5 Å². The van der Waals surface area contributed by atoms with Crippen LogP contribution in [0.25, 0.3) is 11.1 Å². The van der Waals surface area contributed by atoms with Crippen molar-refractivity contribution in [2.75, 3.05) is 44.4 Å². The molecule has 0 saturated carbocycles. The smallest absolute Gasteiger partial charge is 0.242 e. The molecule has 32 heavy (non-hydrogen) atoms. The van der Waals surface area contributed by atoms with Crippen LogP contribution in [0.2, 0.25) is 5.02 Å². The summed E-state index contributed by atoms with van der Waals surface area (Å²) in [6.07, 6.45) is 3.64. The molecule has 10 heteroatoms. The van der Waals surface area contributed by atoms with Crippen LogP contribution in [-0.2, 0) is 9.59 Å². The van der Waals surface area contributed by atoms with Gasteiger partial charge in [0.25, 0.3) is 0 Å². The second kappa shape index (κ2) is 9.72. The Morgan fingerprint density at radius 2 is 2.06 bits per heavy atom. The van der Waals surface area contributed by atoms with Gasteiger partial charge in [-0.3, -0.25) is 14.5 Å². The van der Waals surface area contributed by atoms with Gasteiger partial charge in [0.2, 0.25) is 17.8 Å². The van der Waals surface area contributed by atoms with Crippen molar-refractivity contribution in [1.82, 2.24) is 19.8 Å². The maximum atomic E-state index is 13.0. The van der Waals surface area contributed by atoms with Gasteiger partial charge in [-0.1, -0.05) is 47.7 Å². The maximum absolute atomic E-state index is 13.0. The summed E-state index contributed by atoms with van der Waals surface area (Å²) < 4.78 is 0.480. The van der Waals surface area contributed by atoms with E-state index >= 15 is 0 Å². The Hall–Kier alpha value is -2.23. The first-order valence-electron chi connectivity index (χ1n) is 10.4. The molecule has 1 aromatic heterocycles. The second-order valence-corrected chi connectivity index (χ2v) is 10.1. The van der Waals surface area contributed by atoms with Crippen LogP contribution < -0.4 is 4.90 Å². The molecule has 2 aromatic rings. The summed E-state index contributed by atoms with van der Waals surface area (Å²) in [5, 5.41) is 0.670. The van der Waals surface area contributed by atoms with E-state index < -0.39 is 0 Å². The van der Waals surface area contributed by atoms with Crippen molar-refractivity contribution >= 4 is 57.7 Å². The fourth-order valence-electron chi connectivity index (χ4n) is 3.96. The molecule has 0 bridgehead atoms. The third kappa shape index (κ3) is 4.89. The fourth-order valence-corrected chi connectivity index (χ4v) is 5.15. The Labute approximate surface area is 202 Å². The van der Waals surface area contributed by atoms with Crippen molar-refractivity contribution in [3.05, 3.63) is 41.2 Å². The molecule has 4 rings (SSSR count). The largest absolute Gasteiger partial charge is 0.347 e. The SMILES string of the molecule is CN(C)c1ncc(-c2ccc(Cl)cc2)c(C2CCCN(C(=O)CN3C(=O)CSC3=S)C2)n1. The van der Waals surface area contributed by atoms with Gasteiger partial charge in [-0.15, -0.1) is 0 Å². The van der Waals surface area contributed by atoms with Gasteiger partial charge < -0.3 is 9.80 Å². The molecule has 0 radical (unpaired) electrons. The Morgan fingerprint density at radius 3 is 2.72 bits per heavy atom. The summed E-state index contributed by atoms with van der Waals surface area (Å²) in [4.78, 5) is 39.5. The van der Waals surface area contributed by atoms with Crippen LogP contribution in [0.3, 0.4) is 0 Å². The van der Waals surface area contributed by atoms with E-state index in [1.165, 1.54) is 16.7 Å². The molecule has 1 aromatic carbocycles. The number of thiocarbonyl (C=S) groups is 1. The minimum Gasteiger partial charge on any atom is -0.347 e. The molecule has 2 amide bonds. The average Bonchev–Trinajstić information content (AvgIpc) is 3.11. The minimum absolute atomic E-state index is 0.00809. The van der Waals surface area contributed by atoms with Crippen molar-refractivity contribution in [3.63, 3.8) is 0 Å². The first kappa shape index (κ1) is 22.9. The van der Waals surface area contributed by atoms with Gasteiger partial charge in [0, 0.05) is 49.9 Å². The Balaban J connectivity index is 1.59. The molecule has 2 aliphatic heterocycles. The Kier molecular flexibility index (Phi) is 6.97.